The van der Waals surface area contributed by atoms with Crippen LogP contribution in [0, 0.1) is 34.5 Å². The lowest BCUT2D eigenvalue weighted by Crippen LogP contribution is -2.56. The second kappa shape index (κ2) is 4.57. The van der Waals surface area contributed by atoms with Crippen molar-refractivity contribution < 1.29 is 9.90 Å². The third kappa shape index (κ3) is 1.72. The van der Waals surface area contributed by atoms with E-state index in [2.05, 4.69) is 13.8 Å². The maximum atomic E-state index is 12.8. The van der Waals surface area contributed by atoms with Crippen LogP contribution in [0.4, 0.5) is 0 Å². The number of fused-ring (bicyclic) bond motifs is 5. The second-order valence-electron chi connectivity index (χ2n) is 8.89. The molecule has 21 heavy (non-hydrogen) atoms. The van der Waals surface area contributed by atoms with E-state index >= 15 is 0 Å². The van der Waals surface area contributed by atoms with E-state index < -0.39 is 0 Å². The van der Waals surface area contributed by atoms with Crippen LogP contribution in [0.3, 0.4) is 0 Å². The van der Waals surface area contributed by atoms with Gasteiger partial charge in [0.25, 0.3) is 0 Å². The number of aliphatic hydroxyl groups is 1. The Morgan fingerprint density at radius 2 is 1.81 bits per heavy atom. The fourth-order valence-corrected chi connectivity index (χ4v) is 7.06. The molecule has 0 aromatic carbocycles. The Labute approximate surface area is 128 Å². The summed E-state index contributed by atoms with van der Waals surface area (Å²) in [4.78, 5) is 12.8. The molecule has 0 spiro atoms. The summed E-state index contributed by atoms with van der Waals surface area (Å²) in [5.41, 5.74) is 0.109. The molecular formula is C19H30O2. The molecule has 7 atom stereocenters. The van der Waals surface area contributed by atoms with Crippen molar-refractivity contribution in [3.8, 4) is 0 Å². The summed E-state index contributed by atoms with van der Waals surface area (Å²) in [5, 5.41) is 10.5. The molecule has 2 heteroatoms. The molecule has 4 saturated carbocycles. The van der Waals surface area contributed by atoms with E-state index in [0.29, 0.717) is 29.5 Å². The highest BCUT2D eigenvalue weighted by Gasteiger charge is 2.61. The maximum Gasteiger partial charge on any atom is 0.139 e. The molecule has 0 saturated heterocycles. The lowest BCUT2D eigenvalue weighted by atomic mass is 9.45. The van der Waals surface area contributed by atoms with Crippen LogP contribution < -0.4 is 0 Å². The molecule has 2 unspecified atom stereocenters. The van der Waals surface area contributed by atoms with Gasteiger partial charge < -0.3 is 5.11 Å². The van der Waals surface area contributed by atoms with Gasteiger partial charge in [-0.15, -0.1) is 0 Å². The van der Waals surface area contributed by atoms with Crippen molar-refractivity contribution in [3.63, 3.8) is 0 Å². The first-order valence-corrected chi connectivity index (χ1v) is 9.19. The van der Waals surface area contributed by atoms with Crippen molar-refractivity contribution >= 4 is 5.78 Å². The Bertz CT molecular complexity index is 458. The SMILES string of the molecule is C[C@]12C(=O)CCCC1CC[C@@H]1[C@H]2CC[C@]2(C)C(O)CC[C@@H]12. The van der Waals surface area contributed by atoms with Gasteiger partial charge in [0.1, 0.15) is 5.78 Å². The molecule has 4 aliphatic rings. The minimum Gasteiger partial charge on any atom is -0.393 e. The van der Waals surface area contributed by atoms with E-state index in [1.54, 1.807) is 0 Å². The number of ketones is 1. The minimum atomic E-state index is -0.101. The number of carbonyl (C=O) groups is 1. The molecule has 4 aliphatic carbocycles. The van der Waals surface area contributed by atoms with Crippen molar-refractivity contribution in [2.75, 3.05) is 0 Å². The summed E-state index contributed by atoms with van der Waals surface area (Å²) in [6.07, 6.45) is 10.2. The maximum absolute atomic E-state index is 12.8. The van der Waals surface area contributed by atoms with Gasteiger partial charge in [-0.3, -0.25) is 4.79 Å². The lowest BCUT2D eigenvalue weighted by molar-refractivity contribution is -0.157. The van der Waals surface area contributed by atoms with E-state index in [0.717, 1.165) is 25.7 Å². The van der Waals surface area contributed by atoms with Crippen molar-refractivity contribution in [2.45, 2.75) is 77.7 Å². The van der Waals surface area contributed by atoms with Gasteiger partial charge in [0.15, 0.2) is 0 Å². The topological polar surface area (TPSA) is 37.3 Å². The highest BCUT2D eigenvalue weighted by atomic mass is 16.3. The summed E-state index contributed by atoms with van der Waals surface area (Å²) >= 11 is 0. The molecule has 0 aromatic heterocycles. The molecule has 2 nitrogen and oxygen atoms in total. The van der Waals surface area contributed by atoms with Gasteiger partial charge in [0.05, 0.1) is 6.10 Å². The molecule has 0 aromatic rings. The Balaban J connectivity index is 1.69. The van der Waals surface area contributed by atoms with Crippen LogP contribution in [-0.2, 0) is 4.79 Å². The van der Waals surface area contributed by atoms with Gasteiger partial charge in [0, 0.05) is 11.8 Å². The minimum absolute atomic E-state index is 0.0317. The molecule has 4 fully saturated rings. The van der Waals surface area contributed by atoms with Gasteiger partial charge >= 0.3 is 0 Å². The van der Waals surface area contributed by atoms with Gasteiger partial charge in [0.2, 0.25) is 0 Å². The first-order valence-electron chi connectivity index (χ1n) is 9.19. The summed E-state index contributed by atoms with van der Waals surface area (Å²) in [5.74, 6) is 3.18. The number of rotatable bonds is 0. The van der Waals surface area contributed by atoms with Crippen LogP contribution >= 0.6 is 0 Å². The van der Waals surface area contributed by atoms with Gasteiger partial charge in [-0.05, 0) is 80.5 Å². The predicted molar refractivity (Wildman–Crippen MR) is 82.7 cm³/mol. The third-order valence-corrected chi connectivity index (χ3v) is 8.41. The number of hydrogen-bond acceptors (Lipinski definition) is 2. The van der Waals surface area contributed by atoms with Crippen molar-refractivity contribution in [3.05, 3.63) is 0 Å². The molecule has 0 aliphatic heterocycles. The smallest absolute Gasteiger partial charge is 0.139 e. The summed E-state index contributed by atoms with van der Waals surface area (Å²) in [6.45, 7) is 4.63. The third-order valence-electron chi connectivity index (χ3n) is 8.41. The zero-order valence-corrected chi connectivity index (χ0v) is 13.6. The molecule has 118 valence electrons. The van der Waals surface area contributed by atoms with Crippen LogP contribution in [0.2, 0.25) is 0 Å². The molecule has 0 radical (unpaired) electrons. The average Bonchev–Trinajstić information content (AvgIpc) is 2.76. The van der Waals surface area contributed by atoms with Crippen LogP contribution in [0.1, 0.15) is 71.6 Å². The highest BCUT2D eigenvalue weighted by Crippen LogP contribution is 2.65. The Kier molecular flexibility index (Phi) is 3.10. The van der Waals surface area contributed by atoms with Gasteiger partial charge in [-0.1, -0.05) is 13.8 Å². The Morgan fingerprint density at radius 1 is 1.00 bits per heavy atom. The first kappa shape index (κ1) is 14.2. The van der Waals surface area contributed by atoms with Crippen LogP contribution in [-0.4, -0.2) is 17.0 Å². The summed E-state index contributed by atoms with van der Waals surface area (Å²) in [7, 11) is 0. The van der Waals surface area contributed by atoms with E-state index in [-0.39, 0.29) is 16.9 Å². The van der Waals surface area contributed by atoms with Gasteiger partial charge in [-0.2, -0.15) is 0 Å². The van der Waals surface area contributed by atoms with Crippen molar-refractivity contribution in [2.24, 2.45) is 34.5 Å². The fourth-order valence-electron chi connectivity index (χ4n) is 7.06. The van der Waals surface area contributed by atoms with E-state index in [4.69, 9.17) is 0 Å². The van der Waals surface area contributed by atoms with Crippen LogP contribution in [0.5, 0.6) is 0 Å². The average molecular weight is 290 g/mol. The van der Waals surface area contributed by atoms with E-state index in [1.807, 2.05) is 0 Å². The number of Topliss-reactive ketones (excluding diaryl/α,β-unsaturated/α-hetero) is 1. The molecule has 0 bridgehead atoms. The van der Waals surface area contributed by atoms with Crippen LogP contribution in [0.15, 0.2) is 0 Å². The monoisotopic (exact) mass is 290 g/mol. The van der Waals surface area contributed by atoms with Crippen LogP contribution in [0.25, 0.3) is 0 Å². The Hall–Kier alpha value is -0.370. The number of aliphatic hydroxyl groups excluding tert-OH is 1. The second-order valence-corrected chi connectivity index (χ2v) is 8.89. The fraction of sp³-hybridized carbons (Fsp3) is 0.947. The largest absolute Gasteiger partial charge is 0.393 e. The molecular weight excluding hydrogens is 260 g/mol. The lowest BCUT2D eigenvalue weighted by Gasteiger charge is -2.59. The van der Waals surface area contributed by atoms with Crippen molar-refractivity contribution in [1.29, 1.82) is 0 Å². The summed E-state index contributed by atoms with van der Waals surface area (Å²) < 4.78 is 0. The number of carbonyl (C=O) groups excluding carboxylic acids is 1. The zero-order chi connectivity index (χ0) is 14.8. The molecule has 0 heterocycles. The first-order chi connectivity index (χ1) is 9.98. The zero-order valence-electron chi connectivity index (χ0n) is 13.6. The molecule has 1 N–H and O–H groups in total. The van der Waals surface area contributed by atoms with Gasteiger partial charge in [-0.25, -0.2) is 0 Å². The van der Waals surface area contributed by atoms with Crippen molar-refractivity contribution in [1.82, 2.24) is 0 Å². The normalized spacial score (nSPS) is 56.5. The molecule has 4 rings (SSSR count). The van der Waals surface area contributed by atoms with E-state index in [1.165, 1.54) is 32.1 Å². The highest BCUT2D eigenvalue weighted by molar-refractivity contribution is 5.86. The standard InChI is InChI=1S/C19H30O2/c1-18-11-10-15-13(14(18)8-9-16(18)20)7-6-12-4-3-5-17(21)19(12,15)2/h12-16,20H,3-11H2,1-2H3/t12?,13-,14-,15+,16?,18-,19-/m0/s1. The summed E-state index contributed by atoms with van der Waals surface area (Å²) in [6, 6.07) is 0. The predicted octanol–water partition coefficient (Wildman–Crippen LogP) is 3.96. The number of hydrogen-bond donors (Lipinski definition) is 1. The van der Waals surface area contributed by atoms with E-state index in [9.17, 15) is 9.90 Å². The quantitative estimate of drug-likeness (QED) is 0.733. The Morgan fingerprint density at radius 3 is 2.62 bits per heavy atom. The molecule has 0 amide bonds.